The van der Waals surface area contributed by atoms with Gasteiger partial charge in [0, 0.05) is 38.3 Å². The Balaban J connectivity index is 1.55. The summed E-state index contributed by atoms with van der Waals surface area (Å²) in [5, 5.41) is 8.87. The molecule has 7 nitrogen and oxygen atoms in total. The third-order valence-electron chi connectivity index (χ3n) is 5.33. The van der Waals surface area contributed by atoms with Gasteiger partial charge in [-0.2, -0.15) is 0 Å². The minimum atomic E-state index is -1.12. The molecule has 0 spiro atoms. The SMILES string of the molecule is CC1CCCN(C(=O)C2CCN(C(=O)c3ccc(C(=O)O)nc3)CC2)C1. The van der Waals surface area contributed by atoms with Crippen LogP contribution in [0.1, 0.15) is 53.5 Å². The summed E-state index contributed by atoms with van der Waals surface area (Å²) in [4.78, 5) is 43.6. The van der Waals surface area contributed by atoms with Crippen molar-refractivity contribution in [3.8, 4) is 0 Å². The average Bonchev–Trinajstić information content (AvgIpc) is 2.67. The van der Waals surface area contributed by atoms with Crippen molar-refractivity contribution in [2.75, 3.05) is 26.2 Å². The third kappa shape index (κ3) is 4.03. The average molecular weight is 359 g/mol. The highest BCUT2D eigenvalue weighted by Crippen LogP contribution is 2.24. The number of carboxylic acid groups (broad SMARTS) is 1. The molecule has 0 radical (unpaired) electrons. The largest absolute Gasteiger partial charge is 0.477 e. The number of amides is 2. The lowest BCUT2D eigenvalue weighted by atomic mass is 9.92. The molecule has 0 aliphatic carbocycles. The molecule has 1 N–H and O–H groups in total. The van der Waals surface area contributed by atoms with Crippen LogP contribution >= 0.6 is 0 Å². The van der Waals surface area contributed by atoms with Crippen molar-refractivity contribution >= 4 is 17.8 Å². The molecule has 1 aromatic rings. The number of aromatic nitrogens is 1. The molecule has 2 amide bonds. The Hall–Kier alpha value is -2.44. The fraction of sp³-hybridized carbons (Fsp3) is 0.579. The first-order valence-electron chi connectivity index (χ1n) is 9.23. The molecule has 1 unspecified atom stereocenters. The van der Waals surface area contributed by atoms with Gasteiger partial charge < -0.3 is 14.9 Å². The molecule has 3 rings (SSSR count). The van der Waals surface area contributed by atoms with Gasteiger partial charge in [0.2, 0.25) is 5.91 Å². The van der Waals surface area contributed by atoms with Gasteiger partial charge in [-0.3, -0.25) is 9.59 Å². The Kier molecular flexibility index (Phi) is 5.54. The monoisotopic (exact) mass is 359 g/mol. The first-order valence-corrected chi connectivity index (χ1v) is 9.23. The van der Waals surface area contributed by atoms with Gasteiger partial charge in [-0.1, -0.05) is 6.92 Å². The molecular weight excluding hydrogens is 334 g/mol. The van der Waals surface area contributed by atoms with E-state index >= 15 is 0 Å². The fourth-order valence-electron chi connectivity index (χ4n) is 3.81. The van der Waals surface area contributed by atoms with Crippen molar-refractivity contribution in [2.45, 2.75) is 32.6 Å². The number of hydrogen-bond donors (Lipinski definition) is 1. The van der Waals surface area contributed by atoms with E-state index in [1.165, 1.54) is 24.8 Å². The van der Waals surface area contributed by atoms with E-state index in [-0.39, 0.29) is 23.4 Å². The summed E-state index contributed by atoms with van der Waals surface area (Å²) in [5.41, 5.74) is 0.297. The van der Waals surface area contributed by atoms with E-state index in [2.05, 4.69) is 11.9 Å². The fourth-order valence-corrected chi connectivity index (χ4v) is 3.81. The summed E-state index contributed by atoms with van der Waals surface area (Å²) in [5.74, 6) is -0.481. The first kappa shape index (κ1) is 18.4. The van der Waals surface area contributed by atoms with Crippen LogP contribution < -0.4 is 0 Å². The highest BCUT2D eigenvalue weighted by molar-refractivity contribution is 5.95. The zero-order chi connectivity index (χ0) is 18.7. The van der Waals surface area contributed by atoms with Gasteiger partial charge in [0.05, 0.1) is 5.56 Å². The molecule has 2 aliphatic heterocycles. The van der Waals surface area contributed by atoms with Gasteiger partial charge >= 0.3 is 5.97 Å². The Morgan fingerprint density at radius 3 is 2.38 bits per heavy atom. The highest BCUT2D eigenvalue weighted by atomic mass is 16.4. The highest BCUT2D eigenvalue weighted by Gasteiger charge is 2.32. The molecule has 7 heteroatoms. The van der Waals surface area contributed by atoms with Crippen LogP contribution in [0, 0.1) is 11.8 Å². The molecule has 0 aromatic carbocycles. The Morgan fingerprint density at radius 1 is 1.08 bits per heavy atom. The summed E-state index contributed by atoms with van der Waals surface area (Å²) in [7, 11) is 0. The third-order valence-corrected chi connectivity index (χ3v) is 5.33. The topological polar surface area (TPSA) is 90.8 Å². The lowest BCUT2D eigenvalue weighted by Gasteiger charge is -2.37. The Labute approximate surface area is 153 Å². The molecular formula is C19H25N3O4. The van der Waals surface area contributed by atoms with Crippen LogP contribution in [-0.4, -0.2) is 63.9 Å². The number of carbonyl (C=O) groups excluding carboxylic acids is 2. The predicted octanol–water partition coefficient (Wildman–Crippen LogP) is 1.89. The zero-order valence-corrected chi connectivity index (χ0v) is 15.1. The van der Waals surface area contributed by atoms with Crippen LogP contribution in [0.2, 0.25) is 0 Å². The van der Waals surface area contributed by atoms with Crippen molar-refractivity contribution in [3.63, 3.8) is 0 Å². The lowest BCUT2D eigenvalue weighted by Crippen LogP contribution is -2.47. The molecule has 2 fully saturated rings. The molecule has 140 valence electrons. The summed E-state index contributed by atoms with van der Waals surface area (Å²) in [6, 6.07) is 2.83. The number of nitrogens with zero attached hydrogens (tertiary/aromatic N) is 3. The molecule has 0 bridgehead atoms. The molecule has 2 saturated heterocycles. The number of likely N-dealkylation sites (tertiary alicyclic amines) is 2. The number of aromatic carboxylic acids is 1. The van der Waals surface area contributed by atoms with Gasteiger partial charge in [0.25, 0.3) is 5.91 Å². The number of carbonyl (C=O) groups is 3. The van der Waals surface area contributed by atoms with E-state index in [0.29, 0.717) is 37.4 Å². The number of hydrogen-bond acceptors (Lipinski definition) is 4. The van der Waals surface area contributed by atoms with E-state index < -0.39 is 5.97 Å². The van der Waals surface area contributed by atoms with Gasteiger partial charge in [0.1, 0.15) is 5.69 Å². The maximum atomic E-state index is 12.7. The minimum Gasteiger partial charge on any atom is -0.477 e. The second-order valence-corrected chi connectivity index (χ2v) is 7.34. The first-order chi connectivity index (χ1) is 12.5. The standard InChI is InChI=1S/C19H25N3O4/c1-13-3-2-8-22(12-13)17(23)14-6-9-21(10-7-14)18(24)15-4-5-16(19(25)26)20-11-15/h4-5,11,13-14H,2-3,6-10,12H2,1H3,(H,25,26). The molecule has 0 saturated carbocycles. The second-order valence-electron chi connectivity index (χ2n) is 7.34. The van der Waals surface area contributed by atoms with E-state index in [1.54, 1.807) is 4.90 Å². The summed E-state index contributed by atoms with van der Waals surface area (Å²) < 4.78 is 0. The van der Waals surface area contributed by atoms with E-state index in [9.17, 15) is 14.4 Å². The maximum Gasteiger partial charge on any atom is 0.354 e. The van der Waals surface area contributed by atoms with Crippen LogP contribution in [0.15, 0.2) is 18.3 Å². The van der Waals surface area contributed by atoms with Crippen molar-refractivity contribution in [1.29, 1.82) is 0 Å². The van der Waals surface area contributed by atoms with E-state index in [4.69, 9.17) is 5.11 Å². The number of piperidine rings is 2. The van der Waals surface area contributed by atoms with Gasteiger partial charge in [-0.25, -0.2) is 9.78 Å². The van der Waals surface area contributed by atoms with Crippen molar-refractivity contribution in [3.05, 3.63) is 29.6 Å². The summed E-state index contributed by atoms with van der Waals surface area (Å²) in [6.07, 6.45) is 4.92. The van der Waals surface area contributed by atoms with Crippen LogP contribution in [0.4, 0.5) is 0 Å². The molecule has 1 aromatic heterocycles. The van der Waals surface area contributed by atoms with E-state index in [0.717, 1.165) is 19.5 Å². The van der Waals surface area contributed by atoms with Crippen LogP contribution in [0.5, 0.6) is 0 Å². The summed E-state index contributed by atoms with van der Waals surface area (Å²) in [6.45, 7) is 4.96. The molecule has 2 aliphatic rings. The Bertz CT molecular complexity index is 681. The van der Waals surface area contributed by atoms with Crippen molar-refractivity contribution in [1.82, 2.24) is 14.8 Å². The van der Waals surface area contributed by atoms with Gasteiger partial charge in [-0.15, -0.1) is 0 Å². The number of rotatable bonds is 3. The van der Waals surface area contributed by atoms with Crippen LogP contribution in [-0.2, 0) is 4.79 Å². The number of pyridine rings is 1. The van der Waals surface area contributed by atoms with Gasteiger partial charge in [0.15, 0.2) is 0 Å². The maximum absolute atomic E-state index is 12.7. The molecule has 1 atom stereocenters. The van der Waals surface area contributed by atoms with E-state index in [1.807, 2.05) is 4.90 Å². The molecule has 3 heterocycles. The lowest BCUT2D eigenvalue weighted by molar-refractivity contribution is -0.138. The van der Waals surface area contributed by atoms with Crippen LogP contribution in [0.3, 0.4) is 0 Å². The quantitative estimate of drug-likeness (QED) is 0.890. The second kappa shape index (κ2) is 7.85. The normalized spacial score (nSPS) is 21.5. The zero-order valence-electron chi connectivity index (χ0n) is 15.1. The minimum absolute atomic E-state index is 0.00291. The predicted molar refractivity (Wildman–Crippen MR) is 94.8 cm³/mol. The number of carboxylic acids is 1. The van der Waals surface area contributed by atoms with Crippen LogP contribution in [0.25, 0.3) is 0 Å². The van der Waals surface area contributed by atoms with Crippen molar-refractivity contribution in [2.24, 2.45) is 11.8 Å². The summed E-state index contributed by atoms with van der Waals surface area (Å²) >= 11 is 0. The molecule has 26 heavy (non-hydrogen) atoms. The van der Waals surface area contributed by atoms with Crippen molar-refractivity contribution < 1.29 is 19.5 Å². The smallest absolute Gasteiger partial charge is 0.354 e. The van der Waals surface area contributed by atoms with Gasteiger partial charge in [-0.05, 0) is 43.7 Å². The Morgan fingerprint density at radius 2 is 1.81 bits per heavy atom.